The minimum Gasteiger partial charge on any atom is -0.390 e. The summed E-state index contributed by atoms with van der Waals surface area (Å²) in [4.78, 5) is 5.20. The zero-order valence-electron chi connectivity index (χ0n) is 20.5. The molecule has 0 spiro atoms. The van der Waals surface area contributed by atoms with Crippen molar-refractivity contribution >= 4 is 11.3 Å². The van der Waals surface area contributed by atoms with E-state index in [0.717, 1.165) is 76.9 Å². The molecule has 0 bridgehead atoms. The van der Waals surface area contributed by atoms with Crippen LogP contribution in [0.25, 0.3) is 0 Å². The standard InChI is InChI=1S/C30H37FN2OS/c31-28-10-4-8-24(18-28)9-5-12-30(34)13-15-32(16-14-30)20-27-21-33(19-25-6-2-1-3-7-25)22-29(27)26-11-17-35-23-26/h1-4,6-8,10-11,17-18,23,27,29,34H,5,9,12-16,19-22H2/t27?,29-/m0/s1. The topological polar surface area (TPSA) is 26.7 Å². The molecule has 2 atom stereocenters. The highest BCUT2D eigenvalue weighted by Gasteiger charge is 2.37. The summed E-state index contributed by atoms with van der Waals surface area (Å²) in [6.07, 6.45) is 4.19. The molecule has 186 valence electrons. The van der Waals surface area contributed by atoms with Crippen LogP contribution in [0, 0.1) is 11.7 Å². The van der Waals surface area contributed by atoms with Gasteiger partial charge >= 0.3 is 0 Å². The lowest BCUT2D eigenvalue weighted by molar-refractivity contribution is -0.0316. The van der Waals surface area contributed by atoms with Gasteiger partial charge in [-0.2, -0.15) is 11.3 Å². The summed E-state index contributed by atoms with van der Waals surface area (Å²) in [5.74, 6) is 1.02. The predicted octanol–water partition coefficient (Wildman–Crippen LogP) is 5.95. The fourth-order valence-electron chi connectivity index (χ4n) is 6.03. The van der Waals surface area contributed by atoms with Gasteiger partial charge < -0.3 is 10.0 Å². The van der Waals surface area contributed by atoms with Crippen LogP contribution in [0.2, 0.25) is 0 Å². The van der Waals surface area contributed by atoms with Crippen LogP contribution in [0.15, 0.2) is 71.4 Å². The molecule has 3 heterocycles. The average Bonchev–Trinajstić information content (AvgIpc) is 3.52. The Balaban J connectivity index is 1.13. The molecule has 1 aromatic heterocycles. The van der Waals surface area contributed by atoms with Gasteiger partial charge in [0.25, 0.3) is 0 Å². The molecule has 2 aliphatic heterocycles. The largest absolute Gasteiger partial charge is 0.390 e. The predicted molar refractivity (Wildman–Crippen MR) is 142 cm³/mol. The van der Waals surface area contributed by atoms with Crippen molar-refractivity contribution in [3.8, 4) is 0 Å². The summed E-state index contributed by atoms with van der Waals surface area (Å²) >= 11 is 1.80. The molecule has 0 saturated carbocycles. The van der Waals surface area contributed by atoms with E-state index in [0.29, 0.717) is 11.8 Å². The van der Waals surface area contributed by atoms with Gasteiger partial charge in [0, 0.05) is 45.2 Å². The molecule has 5 heteroatoms. The summed E-state index contributed by atoms with van der Waals surface area (Å²) in [6.45, 7) is 6.29. The third kappa shape index (κ3) is 6.59. The first-order valence-electron chi connectivity index (χ1n) is 13.0. The highest BCUT2D eigenvalue weighted by molar-refractivity contribution is 7.08. The van der Waals surface area contributed by atoms with Crippen LogP contribution < -0.4 is 0 Å². The Hall–Kier alpha value is -2.05. The number of thiophene rings is 1. The van der Waals surface area contributed by atoms with Crippen molar-refractivity contribution in [1.82, 2.24) is 9.80 Å². The first kappa shape index (κ1) is 24.6. The fraction of sp³-hybridized carbons (Fsp3) is 0.467. The normalized spacial score (nSPS) is 23.0. The average molecular weight is 493 g/mol. The Labute approximate surface area is 213 Å². The Kier molecular flexibility index (Phi) is 7.98. The maximum Gasteiger partial charge on any atom is 0.123 e. The van der Waals surface area contributed by atoms with Gasteiger partial charge in [-0.15, -0.1) is 0 Å². The molecule has 0 aliphatic carbocycles. The van der Waals surface area contributed by atoms with E-state index in [4.69, 9.17) is 0 Å². The molecule has 35 heavy (non-hydrogen) atoms. The van der Waals surface area contributed by atoms with Gasteiger partial charge in [-0.05, 0) is 83.7 Å². The third-order valence-corrected chi connectivity index (χ3v) is 8.71. The van der Waals surface area contributed by atoms with Crippen LogP contribution in [0.4, 0.5) is 4.39 Å². The summed E-state index contributed by atoms with van der Waals surface area (Å²) in [7, 11) is 0. The maximum absolute atomic E-state index is 13.4. The SMILES string of the molecule is OC1(CCCc2cccc(F)c2)CCN(CC2CN(Cc3ccccc3)C[C@H]2c2ccsc2)CC1. The molecule has 0 amide bonds. The van der Waals surface area contributed by atoms with Gasteiger partial charge in [-0.3, -0.25) is 4.90 Å². The summed E-state index contributed by atoms with van der Waals surface area (Å²) < 4.78 is 13.4. The third-order valence-electron chi connectivity index (χ3n) is 8.01. The monoisotopic (exact) mass is 492 g/mol. The van der Waals surface area contributed by atoms with Crippen LogP contribution in [0.3, 0.4) is 0 Å². The number of nitrogens with zero attached hydrogens (tertiary/aromatic N) is 2. The van der Waals surface area contributed by atoms with Crippen molar-refractivity contribution in [2.24, 2.45) is 5.92 Å². The van der Waals surface area contributed by atoms with E-state index in [1.54, 1.807) is 23.5 Å². The van der Waals surface area contributed by atoms with E-state index in [2.05, 4.69) is 57.0 Å². The summed E-state index contributed by atoms with van der Waals surface area (Å²) in [5.41, 5.74) is 3.32. The van der Waals surface area contributed by atoms with Crippen LogP contribution in [0.5, 0.6) is 0 Å². The second-order valence-corrected chi connectivity index (χ2v) is 11.4. The molecule has 3 aromatic rings. The van der Waals surface area contributed by atoms with Gasteiger partial charge in [0.1, 0.15) is 5.82 Å². The van der Waals surface area contributed by atoms with E-state index in [1.165, 1.54) is 17.2 Å². The van der Waals surface area contributed by atoms with Crippen molar-refractivity contribution in [2.45, 2.75) is 50.2 Å². The molecule has 2 saturated heterocycles. The molecule has 3 nitrogen and oxygen atoms in total. The van der Waals surface area contributed by atoms with E-state index in [1.807, 2.05) is 6.07 Å². The minimum absolute atomic E-state index is 0.176. The zero-order valence-corrected chi connectivity index (χ0v) is 21.3. The van der Waals surface area contributed by atoms with Gasteiger partial charge in [-0.1, -0.05) is 42.5 Å². The molecule has 2 aliphatic rings. The van der Waals surface area contributed by atoms with Crippen LogP contribution in [-0.4, -0.2) is 53.2 Å². The van der Waals surface area contributed by atoms with Crippen molar-refractivity contribution in [3.05, 3.63) is 93.9 Å². The lowest BCUT2D eigenvalue weighted by Crippen LogP contribution is -2.46. The molecule has 2 fully saturated rings. The smallest absolute Gasteiger partial charge is 0.123 e. The quantitative estimate of drug-likeness (QED) is 0.400. The molecular weight excluding hydrogens is 455 g/mol. The number of benzene rings is 2. The van der Waals surface area contributed by atoms with Gasteiger partial charge in [0.15, 0.2) is 0 Å². The minimum atomic E-state index is -0.578. The summed E-state index contributed by atoms with van der Waals surface area (Å²) in [6, 6.07) is 20.0. The Morgan fingerprint density at radius 2 is 1.74 bits per heavy atom. The number of rotatable bonds is 9. The first-order chi connectivity index (χ1) is 17.1. The van der Waals surface area contributed by atoms with Crippen molar-refractivity contribution in [3.63, 3.8) is 0 Å². The second kappa shape index (κ2) is 11.3. The molecule has 2 aromatic carbocycles. The number of halogens is 1. The highest BCUT2D eigenvalue weighted by Crippen LogP contribution is 2.36. The first-order valence-corrected chi connectivity index (χ1v) is 14.0. The molecule has 0 radical (unpaired) electrons. The van der Waals surface area contributed by atoms with Crippen molar-refractivity contribution in [2.75, 3.05) is 32.7 Å². The van der Waals surface area contributed by atoms with Gasteiger partial charge in [-0.25, -0.2) is 4.39 Å². The lowest BCUT2D eigenvalue weighted by atomic mass is 9.84. The van der Waals surface area contributed by atoms with Gasteiger partial charge in [0.2, 0.25) is 0 Å². The zero-order chi connectivity index (χ0) is 24.1. The van der Waals surface area contributed by atoms with E-state index in [-0.39, 0.29) is 5.82 Å². The van der Waals surface area contributed by atoms with Crippen LogP contribution in [0.1, 0.15) is 48.3 Å². The number of piperidine rings is 1. The molecular formula is C30H37FN2OS. The Morgan fingerprint density at radius 3 is 2.49 bits per heavy atom. The van der Waals surface area contributed by atoms with Crippen molar-refractivity contribution in [1.29, 1.82) is 0 Å². The lowest BCUT2D eigenvalue weighted by Gasteiger charge is -2.39. The number of aryl methyl sites for hydroxylation is 1. The highest BCUT2D eigenvalue weighted by atomic mass is 32.1. The second-order valence-electron chi connectivity index (χ2n) is 10.6. The molecule has 1 N–H and O–H groups in total. The number of hydrogen-bond donors (Lipinski definition) is 1. The van der Waals surface area contributed by atoms with Gasteiger partial charge in [0.05, 0.1) is 5.60 Å². The molecule has 1 unspecified atom stereocenters. The Bertz CT molecular complexity index is 1050. The fourth-order valence-corrected chi connectivity index (χ4v) is 6.75. The maximum atomic E-state index is 13.4. The number of aliphatic hydroxyl groups is 1. The number of hydrogen-bond acceptors (Lipinski definition) is 4. The molecule has 5 rings (SSSR count). The van der Waals surface area contributed by atoms with E-state index < -0.39 is 5.60 Å². The van der Waals surface area contributed by atoms with Crippen LogP contribution in [-0.2, 0) is 13.0 Å². The Morgan fingerprint density at radius 1 is 0.943 bits per heavy atom. The number of likely N-dealkylation sites (tertiary alicyclic amines) is 2. The van der Waals surface area contributed by atoms with Crippen molar-refractivity contribution < 1.29 is 9.50 Å². The van der Waals surface area contributed by atoms with E-state index >= 15 is 0 Å². The van der Waals surface area contributed by atoms with Crippen LogP contribution >= 0.6 is 11.3 Å². The van der Waals surface area contributed by atoms with E-state index in [9.17, 15) is 9.50 Å². The summed E-state index contributed by atoms with van der Waals surface area (Å²) in [5, 5.41) is 15.7.